The summed E-state index contributed by atoms with van der Waals surface area (Å²) in [7, 11) is 0. The second kappa shape index (κ2) is 5.29. The summed E-state index contributed by atoms with van der Waals surface area (Å²) in [5, 5.41) is 3.82. The zero-order valence-corrected chi connectivity index (χ0v) is 10.0. The molecule has 0 aliphatic rings. The molecule has 0 unspecified atom stereocenters. The first-order chi connectivity index (χ1) is 7.00. The largest absolute Gasteiger partial charge is 0.305 e. The van der Waals surface area contributed by atoms with Gasteiger partial charge in [0.25, 0.3) is 0 Å². The Bertz CT molecular complexity index is 332. The predicted molar refractivity (Wildman–Crippen MR) is 63.5 cm³/mol. The maximum Gasteiger partial charge on any atom is 0.179 e. The van der Waals surface area contributed by atoms with Gasteiger partial charge in [0.1, 0.15) is 0 Å². The highest BCUT2D eigenvalue weighted by Crippen LogP contribution is 2.11. The van der Waals surface area contributed by atoms with E-state index in [1.165, 1.54) is 0 Å². The van der Waals surface area contributed by atoms with Crippen LogP contribution in [0.1, 0.15) is 31.1 Å². The molecule has 0 saturated heterocycles. The van der Waals surface area contributed by atoms with Crippen molar-refractivity contribution in [1.29, 1.82) is 0 Å². The van der Waals surface area contributed by atoms with Crippen LogP contribution in [-0.4, -0.2) is 17.9 Å². The lowest BCUT2D eigenvalue weighted by molar-refractivity contribution is 0.0946. The third-order valence-electron chi connectivity index (χ3n) is 2.11. The zero-order valence-electron chi connectivity index (χ0n) is 9.25. The molecule has 0 amide bonds. The molecule has 1 aromatic rings. The topological polar surface area (TPSA) is 29.1 Å². The van der Waals surface area contributed by atoms with Gasteiger partial charge < -0.3 is 5.32 Å². The van der Waals surface area contributed by atoms with Gasteiger partial charge in [0.05, 0.1) is 6.04 Å². The summed E-state index contributed by atoms with van der Waals surface area (Å²) in [6.45, 7) is 5.91. The highest BCUT2D eigenvalue weighted by molar-refractivity contribution is 6.30. The van der Waals surface area contributed by atoms with E-state index in [1.807, 2.05) is 20.8 Å². The molecule has 1 aromatic carbocycles. The molecule has 1 N–H and O–H groups in total. The van der Waals surface area contributed by atoms with E-state index in [1.54, 1.807) is 24.3 Å². The van der Waals surface area contributed by atoms with Crippen LogP contribution in [0, 0.1) is 0 Å². The van der Waals surface area contributed by atoms with Crippen molar-refractivity contribution in [3.8, 4) is 0 Å². The van der Waals surface area contributed by atoms with Crippen LogP contribution in [0.2, 0.25) is 5.02 Å². The van der Waals surface area contributed by atoms with Crippen molar-refractivity contribution in [2.75, 3.05) is 0 Å². The fourth-order valence-electron chi connectivity index (χ4n) is 1.44. The van der Waals surface area contributed by atoms with Gasteiger partial charge >= 0.3 is 0 Å². The number of hydrogen-bond acceptors (Lipinski definition) is 2. The Hall–Kier alpha value is -0.860. The van der Waals surface area contributed by atoms with Crippen LogP contribution in [0.25, 0.3) is 0 Å². The second-order valence-corrected chi connectivity index (χ2v) is 4.35. The van der Waals surface area contributed by atoms with Crippen LogP contribution < -0.4 is 5.32 Å². The minimum absolute atomic E-state index is 0.0976. The number of ketones is 1. The summed E-state index contributed by atoms with van der Waals surface area (Å²) in [6.07, 6.45) is 0. The highest BCUT2D eigenvalue weighted by Gasteiger charge is 2.15. The van der Waals surface area contributed by atoms with Gasteiger partial charge in [-0.2, -0.15) is 0 Å². The standard InChI is InChI=1S/C12H16ClNO/c1-8(2)14-9(3)12(15)10-4-6-11(13)7-5-10/h4-9,14H,1-3H3/t9-/m1/s1. The monoisotopic (exact) mass is 225 g/mol. The van der Waals surface area contributed by atoms with E-state index in [4.69, 9.17) is 11.6 Å². The van der Waals surface area contributed by atoms with Crippen molar-refractivity contribution in [3.63, 3.8) is 0 Å². The molecule has 0 heterocycles. The summed E-state index contributed by atoms with van der Waals surface area (Å²) in [4.78, 5) is 11.9. The Morgan fingerprint density at radius 1 is 1.20 bits per heavy atom. The minimum atomic E-state index is -0.161. The third kappa shape index (κ3) is 3.65. The SMILES string of the molecule is CC(C)N[C@H](C)C(=O)c1ccc(Cl)cc1. The normalized spacial score (nSPS) is 12.9. The van der Waals surface area contributed by atoms with Crippen LogP contribution in [0.5, 0.6) is 0 Å². The zero-order chi connectivity index (χ0) is 11.4. The van der Waals surface area contributed by atoms with E-state index in [0.717, 1.165) is 0 Å². The van der Waals surface area contributed by atoms with E-state index in [-0.39, 0.29) is 11.8 Å². The van der Waals surface area contributed by atoms with Crippen LogP contribution in [0.3, 0.4) is 0 Å². The number of nitrogens with one attached hydrogen (secondary N) is 1. The van der Waals surface area contributed by atoms with Gasteiger partial charge in [0.2, 0.25) is 0 Å². The molecule has 0 radical (unpaired) electrons. The molecule has 15 heavy (non-hydrogen) atoms. The number of halogens is 1. The molecule has 0 aliphatic carbocycles. The maximum atomic E-state index is 11.9. The number of Topliss-reactive ketones (excluding diaryl/α,β-unsaturated/α-hetero) is 1. The molecular formula is C12H16ClNO. The number of rotatable bonds is 4. The van der Waals surface area contributed by atoms with E-state index in [2.05, 4.69) is 5.32 Å². The lowest BCUT2D eigenvalue weighted by Crippen LogP contribution is -2.38. The van der Waals surface area contributed by atoms with Crippen molar-refractivity contribution < 1.29 is 4.79 Å². The molecule has 0 saturated carbocycles. The fraction of sp³-hybridized carbons (Fsp3) is 0.417. The van der Waals surface area contributed by atoms with Crippen molar-refractivity contribution in [1.82, 2.24) is 5.32 Å². The van der Waals surface area contributed by atoms with Crippen molar-refractivity contribution in [2.45, 2.75) is 32.9 Å². The number of benzene rings is 1. The minimum Gasteiger partial charge on any atom is -0.305 e. The third-order valence-corrected chi connectivity index (χ3v) is 2.36. The lowest BCUT2D eigenvalue weighted by atomic mass is 10.1. The van der Waals surface area contributed by atoms with Gasteiger partial charge in [0.15, 0.2) is 5.78 Å². The molecule has 0 aliphatic heterocycles. The first-order valence-electron chi connectivity index (χ1n) is 5.06. The van der Waals surface area contributed by atoms with E-state index < -0.39 is 0 Å². The van der Waals surface area contributed by atoms with Gasteiger partial charge in [-0.1, -0.05) is 25.4 Å². The van der Waals surface area contributed by atoms with Crippen LogP contribution in [0.15, 0.2) is 24.3 Å². The number of hydrogen-bond donors (Lipinski definition) is 1. The highest BCUT2D eigenvalue weighted by atomic mass is 35.5. The fourth-order valence-corrected chi connectivity index (χ4v) is 1.57. The quantitative estimate of drug-likeness (QED) is 0.799. The van der Waals surface area contributed by atoms with Gasteiger partial charge in [-0.3, -0.25) is 4.79 Å². The lowest BCUT2D eigenvalue weighted by Gasteiger charge is -2.15. The van der Waals surface area contributed by atoms with Crippen LogP contribution in [0.4, 0.5) is 0 Å². The summed E-state index contributed by atoms with van der Waals surface area (Å²) in [6, 6.07) is 7.11. The second-order valence-electron chi connectivity index (χ2n) is 3.91. The van der Waals surface area contributed by atoms with Gasteiger partial charge in [-0.05, 0) is 31.2 Å². The molecule has 0 bridgehead atoms. The van der Waals surface area contributed by atoms with E-state index in [9.17, 15) is 4.79 Å². The molecule has 1 atom stereocenters. The summed E-state index contributed by atoms with van der Waals surface area (Å²) >= 11 is 5.75. The Balaban J connectivity index is 2.72. The average molecular weight is 226 g/mol. The first-order valence-corrected chi connectivity index (χ1v) is 5.44. The Morgan fingerprint density at radius 2 is 1.73 bits per heavy atom. The van der Waals surface area contributed by atoms with Crippen LogP contribution in [-0.2, 0) is 0 Å². The molecular weight excluding hydrogens is 210 g/mol. The van der Waals surface area contributed by atoms with Gasteiger partial charge in [-0.25, -0.2) is 0 Å². The van der Waals surface area contributed by atoms with Crippen LogP contribution >= 0.6 is 11.6 Å². The molecule has 82 valence electrons. The molecule has 0 fully saturated rings. The molecule has 0 spiro atoms. The molecule has 3 heteroatoms. The molecule has 1 rings (SSSR count). The van der Waals surface area contributed by atoms with Gasteiger partial charge in [0, 0.05) is 16.6 Å². The van der Waals surface area contributed by atoms with Gasteiger partial charge in [-0.15, -0.1) is 0 Å². The predicted octanol–water partition coefficient (Wildman–Crippen LogP) is 2.91. The number of carbonyl (C=O) groups excluding carboxylic acids is 1. The average Bonchev–Trinajstić information content (AvgIpc) is 2.17. The number of carbonyl (C=O) groups is 1. The maximum absolute atomic E-state index is 11.9. The first kappa shape index (κ1) is 12.2. The Morgan fingerprint density at radius 3 is 2.20 bits per heavy atom. The smallest absolute Gasteiger partial charge is 0.179 e. The van der Waals surface area contributed by atoms with Crippen molar-refractivity contribution >= 4 is 17.4 Å². The summed E-state index contributed by atoms with van der Waals surface area (Å²) in [5.41, 5.74) is 0.694. The van der Waals surface area contributed by atoms with E-state index in [0.29, 0.717) is 16.6 Å². The Labute approximate surface area is 95.6 Å². The molecule has 0 aromatic heterocycles. The van der Waals surface area contributed by atoms with Crippen molar-refractivity contribution in [3.05, 3.63) is 34.9 Å². The Kier molecular flexibility index (Phi) is 4.30. The summed E-state index contributed by atoms with van der Waals surface area (Å²) in [5.74, 6) is 0.0976. The molecule has 2 nitrogen and oxygen atoms in total. The van der Waals surface area contributed by atoms with E-state index >= 15 is 0 Å². The summed E-state index contributed by atoms with van der Waals surface area (Å²) < 4.78 is 0. The van der Waals surface area contributed by atoms with Crippen molar-refractivity contribution in [2.24, 2.45) is 0 Å².